The summed E-state index contributed by atoms with van der Waals surface area (Å²) < 4.78 is 1.44. The van der Waals surface area contributed by atoms with Crippen LogP contribution in [0.1, 0.15) is 49.4 Å². The minimum absolute atomic E-state index is 0.127. The molecule has 8 nitrogen and oxygen atoms in total. The molecule has 0 aromatic carbocycles. The molecule has 1 saturated carbocycles. The van der Waals surface area contributed by atoms with E-state index >= 15 is 0 Å². The van der Waals surface area contributed by atoms with Crippen molar-refractivity contribution in [3.8, 4) is 5.95 Å². The molecule has 1 fully saturated rings. The molecule has 1 aliphatic carbocycles. The largest absolute Gasteiger partial charge is 0.478 e. The van der Waals surface area contributed by atoms with Crippen LogP contribution < -0.4 is 9.80 Å². The molecule has 2 aliphatic rings. The molecule has 26 heavy (non-hydrogen) atoms. The normalized spacial score (nSPS) is 20.5. The Bertz CT molecular complexity index is 814. The first-order valence-electron chi connectivity index (χ1n) is 9.23. The number of hydrogen-bond donors (Lipinski definition) is 1. The van der Waals surface area contributed by atoms with Gasteiger partial charge in [-0.3, -0.25) is 0 Å². The number of carbonyl (C=O) groups is 1. The van der Waals surface area contributed by atoms with E-state index in [4.69, 9.17) is 10.1 Å². The van der Waals surface area contributed by atoms with E-state index in [0.717, 1.165) is 24.5 Å². The molecule has 1 atom stereocenters. The second-order valence-electron chi connectivity index (χ2n) is 7.15. The topological polar surface area (TPSA) is 87.4 Å². The lowest BCUT2D eigenvalue weighted by molar-refractivity contribution is 0.0697. The lowest BCUT2D eigenvalue weighted by atomic mass is 10.0. The number of aromatic nitrogens is 4. The summed E-state index contributed by atoms with van der Waals surface area (Å²) in [5, 5.41) is 13.2. The molecule has 138 valence electrons. The highest BCUT2D eigenvalue weighted by molar-refractivity contribution is 5.86. The summed E-state index contributed by atoms with van der Waals surface area (Å²) in [5.74, 6) is 0.340. The molecule has 1 aliphatic heterocycles. The van der Waals surface area contributed by atoms with E-state index in [2.05, 4.69) is 33.9 Å². The van der Waals surface area contributed by atoms with Crippen LogP contribution in [0.2, 0.25) is 0 Å². The first-order valence-corrected chi connectivity index (χ1v) is 9.23. The third-order valence-corrected chi connectivity index (χ3v) is 5.49. The van der Waals surface area contributed by atoms with Crippen LogP contribution in [0, 0.1) is 0 Å². The number of nitrogens with zero attached hydrogens (tertiary/aromatic N) is 6. The zero-order valence-corrected chi connectivity index (χ0v) is 15.2. The van der Waals surface area contributed by atoms with Crippen molar-refractivity contribution < 1.29 is 9.90 Å². The Hall–Kier alpha value is -2.64. The molecular weight excluding hydrogens is 332 g/mol. The molecule has 4 rings (SSSR count). The van der Waals surface area contributed by atoms with E-state index in [1.807, 2.05) is 6.20 Å². The van der Waals surface area contributed by atoms with Gasteiger partial charge in [-0.15, -0.1) is 0 Å². The maximum atomic E-state index is 11.1. The maximum Gasteiger partial charge on any atom is 0.338 e. The van der Waals surface area contributed by atoms with Crippen LogP contribution in [0.3, 0.4) is 0 Å². The number of carboxylic acids is 1. The second-order valence-corrected chi connectivity index (χ2v) is 7.15. The summed E-state index contributed by atoms with van der Waals surface area (Å²) in [6.07, 6.45) is 10.6. The average molecular weight is 356 g/mol. The van der Waals surface area contributed by atoms with Gasteiger partial charge in [-0.05, 0) is 19.3 Å². The fourth-order valence-corrected chi connectivity index (χ4v) is 4.12. The fourth-order valence-electron chi connectivity index (χ4n) is 4.12. The quantitative estimate of drug-likeness (QED) is 0.899. The van der Waals surface area contributed by atoms with Gasteiger partial charge in [0.2, 0.25) is 0 Å². The Labute approximate surface area is 152 Å². The molecule has 2 aromatic heterocycles. The Kier molecular flexibility index (Phi) is 4.26. The minimum atomic E-state index is -1.01. The van der Waals surface area contributed by atoms with Crippen LogP contribution in [-0.2, 0) is 0 Å². The number of carboxylic acid groups (broad SMARTS) is 1. The van der Waals surface area contributed by atoms with Crippen molar-refractivity contribution in [1.82, 2.24) is 19.7 Å². The molecule has 0 spiro atoms. The van der Waals surface area contributed by atoms with Gasteiger partial charge in [0.1, 0.15) is 0 Å². The molecule has 8 heteroatoms. The summed E-state index contributed by atoms with van der Waals surface area (Å²) in [5.41, 5.74) is 1.15. The van der Waals surface area contributed by atoms with Crippen LogP contribution in [0.4, 0.5) is 11.5 Å². The van der Waals surface area contributed by atoms with Gasteiger partial charge in [-0.25, -0.2) is 14.5 Å². The minimum Gasteiger partial charge on any atom is -0.478 e. The number of rotatable bonds is 4. The van der Waals surface area contributed by atoms with Gasteiger partial charge < -0.3 is 14.9 Å². The number of hydrogen-bond acceptors (Lipinski definition) is 6. The second kappa shape index (κ2) is 6.59. The molecule has 0 amide bonds. The van der Waals surface area contributed by atoms with E-state index in [9.17, 15) is 4.79 Å². The lowest BCUT2D eigenvalue weighted by Gasteiger charge is -2.45. The van der Waals surface area contributed by atoms with Crippen LogP contribution in [0.5, 0.6) is 0 Å². The van der Waals surface area contributed by atoms with E-state index in [1.54, 1.807) is 0 Å². The van der Waals surface area contributed by atoms with Crippen molar-refractivity contribution in [3.63, 3.8) is 0 Å². The fraction of sp³-hybridized carbons (Fsp3) is 0.556. The molecular formula is C18H24N6O2. The molecule has 1 N–H and O–H groups in total. The summed E-state index contributed by atoms with van der Waals surface area (Å²) >= 11 is 0. The predicted octanol–water partition coefficient (Wildman–Crippen LogP) is 2.34. The van der Waals surface area contributed by atoms with Crippen molar-refractivity contribution in [2.45, 2.75) is 51.1 Å². The van der Waals surface area contributed by atoms with Crippen molar-refractivity contribution >= 4 is 17.5 Å². The Morgan fingerprint density at radius 1 is 1.31 bits per heavy atom. The monoisotopic (exact) mass is 356 g/mol. The smallest absolute Gasteiger partial charge is 0.338 e. The van der Waals surface area contributed by atoms with Gasteiger partial charge in [-0.1, -0.05) is 19.8 Å². The van der Waals surface area contributed by atoms with Gasteiger partial charge >= 0.3 is 5.97 Å². The average Bonchev–Trinajstić information content (AvgIpc) is 3.33. The molecule has 3 heterocycles. The Balaban J connectivity index is 1.77. The molecule has 1 unspecified atom stereocenters. The third-order valence-electron chi connectivity index (χ3n) is 5.49. The summed E-state index contributed by atoms with van der Waals surface area (Å²) in [6, 6.07) is 0.938. The van der Waals surface area contributed by atoms with Crippen LogP contribution in [-0.4, -0.2) is 56.5 Å². The van der Waals surface area contributed by atoms with Gasteiger partial charge in [0.25, 0.3) is 5.95 Å². The summed E-state index contributed by atoms with van der Waals surface area (Å²) in [6.45, 7) is 3.19. The van der Waals surface area contributed by atoms with Crippen molar-refractivity contribution in [3.05, 3.63) is 24.2 Å². The van der Waals surface area contributed by atoms with Gasteiger partial charge in [-0.2, -0.15) is 10.1 Å². The summed E-state index contributed by atoms with van der Waals surface area (Å²) in [7, 11) is 2.08. The molecule has 0 bridgehead atoms. The van der Waals surface area contributed by atoms with Crippen molar-refractivity contribution in [1.29, 1.82) is 0 Å². The van der Waals surface area contributed by atoms with Gasteiger partial charge in [0, 0.05) is 31.9 Å². The lowest BCUT2D eigenvalue weighted by Crippen LogP contribution is -2.52. The zero-order chi connectivity index (χ0) is 18.3. The number of likely N-dealkylation sites (N-methyl/N-ethyl adjacent to an activating group) is 1. The van der Waals surface area contributed by atoms with E-state index < -0.39 is 5.97 Å². The van der Waals surface area contributed by atoms with Gasteiger partial charge in [0.05, 0.1) is 23.6 Å². The predicted molar refractivity (Wildman–Crippen MR) is 98.2 cm³/mol. The van der Waals surface area contributed by atoms with Crippen LogP contribution in [0.15, 0.2) is 18.6 Å². The SMILES string of the molecule is CCC1CN(C)c2cnc(-n3cc(C(=O)O)cn3)nc2N1C1CCCC1. The first kappa shape index (κ1) is 16.8. The third kappa shape index (κ3) is 2.79. The molecule has 0 radical (unpaired) electrons. The van der Waals surface area contributed by atoms with E-state index in [1.165, 1.54) is 42.8 Å². The van der Waals surface area contributed by atoms with Crippen molar-refractivity contribution in [2.24, 2.45) is 0 Å². The highest BCUT2D eigenvalue weighted by Crippen LogP contribution is 2.38. The van der Waals surface area contributed by atoms with Crippen molar-refractivity contribution in [2.75, 3.05) is 23.4 Å². The molecule has 0 saturated heterocycles. The Morgan fingerprint density at radius 3 is 2.73 bits per heavy atom. The van der Waals surface area contributed by atoms with E-state index in [-0.39, 0.29) is 5.56 Å². The maximum absolute atomic E-state index is 11.1. The van der Waals surface area contributed by atoms with Crippen LogP contribution >= 0.6 is 0 Å². The zero-order valence-electron chi connectivity index (χ0n) is 15.2. The summed E-state index contributed by atoms with van der Waals surface area (Å²) in [4.78, 5) is 25.1. The standard InChI is InChI=1S/C18H24N6O2/c1-3-13-11-22(2)15-9-19-18(23-10-12(8-20-23)17(25)26)21-16(15)24(13)14-6-4-5-7-14/h8-10,13-14H,3-7,11H2,1-2H3,(H,25,26). The first-order chi connectivity index (χ1) is 12.6. The van der Waals surface area contributed by atoms with Crippen LogP contribution in [0.25, 0.3) is 5.95 Å². The highest BCUT2D eigenvalue weighted by atomic mass is 16.4. The Morgan fingerprint density at radius 2 is 2.08 bits per heavy atom. The number of aromatic carboxylic acids is 1. The van der Waals surface area contributed by atoms with Gasteiger partial charge in [0.15, 0.2) is 5.82 Å². The highest BCUT2D eigenvalue weighted by Gasteiger charge is 2.36. The van der Waals surface area contributed by atoms with E-state index in [0.29, 0.717) is 18.0 Å². The number of anilines is 2. The molecule has 2 aromatic rings. The number of fused-ring (bicyclic) bond motifs is 1.